The molecule has 0 saturated carbocycles. The lowest BCUT2D eigenvalue weighted by Crippen LogP contribution is -2.35. The van der Waals surface area contributed by atoms with Crippen molar-refractivity contribution < 1.29 is 14.7 Å². The average molecular weight is 428 g/mol. The predicted molar refractivity (Wildman–Crippen MR) is 120 cm³/mol. The van der Waals surface area contributed by atoms with Crippen LogP contribution in [0.3, 0.4) is 0 Å². The Hall–Kier alpha value is -2.83. The fourth-order valence-corrected chi connectivity index (χ4v) is 3.70. The van der Waals surface area contributed by atoms with Gasteiger partial charge in [0, 0.05) is 43.5 Å². The Morgan fingerprint density at radius 1 is 1.07 bits per heavy atom. The third-order valence-electron chi connectivity index (χ3n) is 5.15. The van der Waals surface area contributed by atoms with Crippen molar-refractivity contribution in [3.05, 3.63) is 70.3 Å². The van der Waals surface area contributed by atoms with Gasteiger partial charge in [0.1, 0.15) is 5.76 Å². The first kappa shape index (κ1) is 21.9. The Morgan fingerprint density at radius 2 is 1.73 bits per heavy atom. The van der Waals surface area contributed by atoms with Gasteiger partial charge in [-0.15, -0.1) is 0 Å². The molecule has 1 aliphatic rings. The number of halogens is 1. The molecule has 1 atom stereocenters. The van der Waals surface area contributed by atoms with Crippen LogP contribution in [0.25, 0.3) is 5.76 Å². The highest BCUT2D eigenvalue weighted by Crippen LogP contribution is 2.39. The van der Waals surface area contributed by atoms with E-state index in [1.54, 1.807) is 24.3 Å². The Morgan fingerprint density at radius 3 is 2.30 bits per heavy atom. The van der Waals surface area contributed by atoms with Crippen LogP contribution in [0, 0.1) is 0 Å². The third kappa shape index (κ3) is 4.35. The highest BCUT2D eigenvalue weighted by Gasteiger charge is 2.45. The third-order valence-corrected chi connectivity index (χ3v) is 5.39. The second-order valence-corrected chi connectivity index (χ2v) is 8.23. The number of ketones is 1. The van der Waals surface area contributed by atoms with Crippen molar-refractivity contribution in [1.82, 2.24) is 9.80 Å². The number of hydrogen-bond acceptors (Lipinski definition) is 5. The Balaban J connectivity index is 2.13. The maximum atomic E-state index is 13.0. The number of Topliss-reactive ketones (excluding diaryl/α,β-unsaturated/α-hetero) is 1. The molecule has 1 fully saturated rings. The SMILES string of the molecule is CN(C)CCN1C(=O)C(=O)/C(=C(\O)c2cccc(Cl)c2)C1c1ccc(N(C)C)cc1. The molecular formula is C23H26ClN3O3. The van der Waals surface area contributed by atoms with Gasteiger partial charge in [-0.25, -0.2) is 0 Å². The van der Waals surface area contributed by atoms with Crippen molar-refractivity contribution in [2.75, 3.05) is 46.2 Å². The van der Waals surface area contributed by atoms with E-state index in [0.717, 1.165) is 11.3 Å². The number of carbonyl (C=O) groups is 2. The fourth-order valence-electron chi connectivity index (χ4n) is 3.51. The molecule has 1 heterocycles. The monoisotopic (exact) mass is 427 g/mol. The number of anilines is 1. The Kier molecular flexibility index (Phi) is 6.48. The highest BCUT2D eigenvalue weighted by molar-refractivity contribution is 6.46. The van der Waals surface area contributed by atoms with Crippen molar-refractivity contribution in [2.24, 2.45) is 0 Å². The van der Waals surface area contributed by atoms with Crippen LogP contribution in [0.2, 0.25) is 5.02 Å². The molecule has 1 aliphatic heterocycles. The summed E-state index contributed by atoms with van der Waals surface area (Å²) in [6.07, 6.45) is 0. The summed E-state index contributed by atoms with van der Waals surface area (Å²) in [6, 6.07) is 13.6. The summed E-state index contributed by atoms with van der Waals surface area (Å²) in [5.74, 6) is -1.51. The number of likely N-dealkylation sites (tertiary alicyclic amines) is 1. The van der Waals surface area contributed by atoms with Crippen LogP contribution in [-0.2, 0) is 9.59 Å². The number of amides is 1. The molecule has 0 spiro atoms. The van der Waals surface area contributed by atoms with E-state index in [9.17, 15) is 14.7 Å². The van der Waals surface area contributed by atoms with Crippen molar-refractivity contribution in [1.29, 1.82) is 0 Å². The topological polar surface area (TPSA) is 64.1 Å². The van der Waals surface area contributed by atoms with Gasteiger partial charge in [-0.1, -0.05) is 35.9 Å². The summed E-state index contributed by atoms with van der Waals surface area (Å²) >= 11 is 6.07. The van der Waals surface area contributed by atoms with Gasteiger partial charge in [-0.05, 0) is 43.9 Å². The van der Waals surface area contributed by atoms with E-state index in [-0.39, 0.29) is 11.3 Å². The molecule has 0 aliphatic carbocycles. The van der Waals surface area contributed by atoms with Crippen molar-refractivity contribution >= 4 is 34.7 Å². The molecule has 1 amide bonds. The minimum absolute atomic E-state index is 0.0821. The maximum absolute atomic E-state index is 13.0. The van der Waals surface area contributed by atoms with Gasteiger partial charge < -0.3 is 19.8 Å². The first-order valence-corrected chi connectivity index (χ1v) is 10.0. The second kappa shape index (κ2) is 8.90. The lowest BCUT2D eigenvalue weighted by molar-refractivity contribution is -0.140. The smallest absolute Gasteiger partial charge is 0.295 e. The summed E-state index contributed by atoms with van der Waals surface area (Å²) in [5, 5.41) is 11.4. The van der Waals surface area contributed by atoms with Gasteiger partial charge in [0.25, 0.3) is 11.7 Å². The van der Waals surface area contributed by atoms with Gasteiger partial charge >= 0.3 is 0 Å². The highest BCUT2D eigenvalue weighted by atomic mass is 35.5. The standard InChI is InChI=1S/C23H26ClN3O3/c1-25(2)12-13-27-20(15-8-10-18(11-9-15)26(3)4)19(22(29)23(27)30)21(28)16-6-5-7-17(24)14-16/h5-11,14,20,28H,12-13H2,1-4H3/b21-19-. The van der Waals surface area contributed by atoms with Gasteiger partial charge in [0.15, 0.2) is 0 Å². The van der Waals surface area contributed by atoms with E-state index in [1.807, 2.05) is 62.3 Å². The number of carbonyl (C=O) groups excluding carboxylic acids is 2. The first-order valence-electron chi connectivity index (χ1n) is 9.67. The van der Waals surface area contributed by atoms with E-state index in [1.165, 1.54) is 4.90 Å². The fraction of sp³-hybridized carbons (Fsp3) is 0.304. The first-order chi connectivity index (χ1) is 14.2. The van der Waals surface area contributed by atoms with E-state index in [4.69, 9.17) is 11.6 Å². The van der Waals surface area contributed by atoms with Gasteiger partial charge in [0.2, 0.25) is 0 Å². The summed E-state index contributed by atoms with van der Waals surface area (Å²) in [5.41, 5.74) is 2.25. The quantitative estimate of drug-likeness (QED) is 0.435. The number of benzene rings is 2. The number of aliphatic hydroxyl groups excluding tert-OH is 1. The molecule has 2 aromatic carbocycles. The van der Waals surface area contributed by atoms with Crippen LogP contribution < -0.4 is 4.90 Å². The molecule has 0 aromatic heterocycles. The van der Waals surface area contributed by atoms with Gasteiger partial charge in [-0.2, -0.15) is 0 Å². The molecule has 1 unspecified atom stereocenters. The molecule has 158 valence electrons. The van der Waals surface area contributed by atoms with Crippen molar-refractivity contribution in [2.45, 2.75) is 6.04 Å². The Bertz CT molecular complexity index is 983. The van der Waals surface area contributed by atoms with E-state index >= 15 is 0 Å². The lowest BCUT2D eigenvalue weighted by atomic mass is 9.95. The summed E-state index contributed by atoms with van der Waals surface area (Å²) in [4.78, 5) is 31.3. The zero-order valence-electron chi connectivity index (χ0n) is 17.6. The molecule has 1 saturated heterocycles. The molecule has 30 heavy (non-hydrogen) atoms. The average Bonchev–Trinajstić information content (AvgIpc) is 2.96. The number of nitrogens with zero attached hydrogens (tertiary/aromatic N) is 3. The van der Waals surface area contributed by atoms with Crippen molar-refractivity contribution in [3.8, 4) is 0 Å². The predicted octanol–water partition coefficient (Wildman–Crippen LogP) is 3.39. The number of hydrogen-bond donors (Lipinski definition) is 1. The maximum Gasteiger partial charge on any atom is 0.295 e. The van der Waals surface area contributed by atoms with E-state index < -0.39 is 17.7 Å². The molecular weight excluding hydrogens is 402 g/mol. The summed E-state index contributed by atoms with van der Waals surface area (Å²) in [6.45, 7) is 0.959. The minimum atomic E-state index is -0.687. The molecule has 3 rings (SSSR count). The molecule has 7 heteroatoms. The number of likely N-dealkylation sites (N-methyl/N-ethyl adjacent to an activating group) is 1. The van der Waals surface area contributed by atoms with Crippen LogP contribution in [0.1, 0.15) is 17.2 Å². The van der Waals surface area contributed by atoms with Crippen LogP contribution in [0.4, 0.5) is 5.69 Å². The summed E-state index contributed by atoms with van der Waals surface area (Å²) < 4.78 is 0. The molecule has 2 aromatic rings. The Labute approximate surface area is 182 Å². The van der Waals surface area contributed by atoms with Crippen LogP contribution >= 0.6 is 11.6 Å². The normalized spacial score (nSPS) is 18.3. The molecule has 0 bridgehead atoms. The largest absolute Gasteiger partial charge is 0.507 e. The minimum Gasteiger partial charge on any atom is -0.507 e. The van der Waals surface area contributed by atoms with E-state index in [2.05, 4.69) is 0 Å². The zero-order chi connectivity index (χ0) is 22.0. The van der Waals surface area contributed by atoms with Crippen molar-refractivity contribution in [3.63, 3.8) is 0 Å². The summed E-state index contributed by atoms with van der Waals surface area (Å²) in [7, 11) is 7.70. The van der Waals surface area contributed by atoms with Crippen LogP contribution in [-0.4, -0.2) is 67.9 Å². The van der Waals surface area contributed by atoms with E-state index in [0.29, 0.717) is 23.7 Å². The second-order valence-electron chi connectivity index (χ2n) is 7.79. The van der Waals surface area contributed by atoms with Crippen LogP contribution in [0.15, 0.2) is 54.1 Å². The number of aliphatic hydroxyl groups is 1. The van der Waals surface area contributed by atoms with Gasteiger partial charge in [-0.3, -0.25) is 9.59 Å². The zero-order valence-corrected chi connectivity index (χ0v) is 18.3. The molecule has 6 nitrogen and oxygen atoms in total. The number of rotatable bonds is 6. The van der Waals surface area contributed by atoms with Gasteiger partial charge in [0.05, 0.1) is 11.6 Å². The molecule has 0 radical (unpaired) electrons. The molecule has 1 N–H and O–H groups in total. The van der Waals surface area contributed by atoms with Crippen LogP contribution in [0.5, 0.6) is 0 Å². The lowest BCUT2D eigenvalue weighted by Gasteiger charge is -2.27.